The number of amides is 3. The maximum atomic E-state index is 13.9. The molecule has 4 atom stereocenters. The van der Waals surface area contributed by atoms with Gasteiger partial charge in [0.05, 0.1) is 19.1 Å². The van der Waals surface area contributed by atoms with Crippen LogP contribution in [0.1, 0.15) is 18.1 Å². The zero-order chi connectivity index (χ0) is 27.5. The molecule has 3 aromatic rings. The first-order valence-electron chi connectivity index (χ1n) is 12.8. The van der Waals surface area contributed by atoms with Gasteiger partial charge >= 0.3 is 12.2 Å². The van der Waals surface area contributed by atoms with Crippen molar-refractivity contribution < 1.29 is 28.6 Å². The van der Waals surface area contributed by atoms with E-state index < -0.39 is 42.2 Å². The number of imide groups is 1. The first-order chi connectivity index (χ1) is 18.9. The fourth-order valence-electron chi connectivity index (χ4n) is 5.19. The minimum atomic E-state index is -0.898. The summed E-state index contributed by atoms with van der Waals surface area (Å²) in [5.74, 6) is -0.674. The molecule has 2 heterocycles. The van der Waals surface area contributed by atoms with Gasteiger partial charge in [-0.15, -0.1) is 0 Å². The molecule has 3 aromatic carbocycles. The van der Waals surface area contributed by atoms with E-state index in [1.807, 2.05) is 60.7 Å². The molecule has 0 spiro atoms. The van der Waals surface area contributed by atoms with Crippen LogP contribution >= 0.6 is 0 Å². The summed E-state index contributed by atoms with van der Waals surface area (Å²) in [5, 5.41) is 0. The first kappa shape index (κ1) is 26.0. The van der Waals surface area contributed by atoms with Gasteiger partial charge in [0.15, 0.2) is 0 Å². The maximum absolute atomic E-state index is 13.9. The van der Waals surface area contributed by atoms with Gasteiger partial charge in [0.25, 0.3) is 0 Å². The van der Waals surface area contributed by atoms with Crippen LogP contribution in [-0.4, -0.2) is 54.9 Å². The second-order valence-electron chi connectivity index (χ2n) is 9.67. The van der Waals surface area contributed by atoms with Crippen LogP contribution in [0, 0.1) is 5.92 Å². The number of carbonyl (C=O) groups excluding carboxylic acids is 3. The molecule has 0 bridgehead atoms. The SMILES string of the molecule is C=C(c1ccccc1)[C@H]1[C@H]([C@H](C)C(=O)N2C(=O)OC[C@@H]2Cc2ccccc2)OC(=O)N1c1ccc(OC)cc1. The largest absolute Gasteiger partial charge is 0.497 e. The number of rotatable bonds is 8. The van der Waals surface area contributed by atoms with Crippen molar-refractivity contribution in [3.8, 4) is 5.75 Å². The van der Waals surface area contributed by atoms with E-state index in [2.05, 4.69) is 6.58 Å². The van der Waals surface area contributed by atoms with Crippen LogP contribution in [0.25, 0.3) is 5.57 Å². The molecular formula is C31H30N2O6. The van der Waals surface area contributed by atoms with Crippen molar-refractivity contribution in [2.75, 3.05) is 18.6 Å². The van der Waals surface area contributed by atoms with Gasteiger partial charge in [0, 0.05) is 5.69 Å². The molecule has 8 nitrogen and oxygen atoms in total. The molecule has 0 aliphatic carbocycles. The molecule has 0 aromatic heterocycles. The lowest BCUT2D eigenvalue weighted by Crippen LogP contribution is -2.49. The summed E-state index contributed by atoms with van der Waals surface area (Å²) < 4.78 is 16.4. The van der Waals surface area contributed by atoms with Gasteiger partial charge < -0.3 is 14.2 Å². The first-order valence-corrected chi connectivity index (χ1v) is 12.8. The minimum absolute atomic E-state index is 0.106. The number of hydrogen-bond acceptors (Lipinski definition) is 6. The molecule has 0 saturated carbocycles. The Kier molecular flexibility index (Phi) is 7.36. The highest BCUT2D eigenvalue weighted by Gasteiger charge is 2.51. The number of hydrogen-bond donors (Lipinski definition) is 0. The van der Waals surface area contributed by atoms with Crippen molar-refractivity contribution >= 4 is 29.4 Å². The summed E-state index contributed by atoms with van der Waals surface area (Å²) in [5.41, 5.74) is 2.99. The standard InChI is InChI=1S/C31H30N2O6/c1-20(23-12-8-5-9-13-23)27-28(39-31(36)32(27)24-14-16-26(37-3)17-15-24)21(2)29(34)33-25(19-38-30(33)35)18-22-10-6-4-7-11-22/h4-17,21,25,27-28H,1,18-19H2,2-3H3/t21-,25-,27-,28-/m0/s1. The normalized spacial score (nSPS) is 21.3. The van der Waals surface area contributed by atoms with Gasteiger partial charge in [-0.1, -0.05) is 67.2 Å². The van der Waals surface area contributed by atoms with Gasteiger partial charge in [-0.25, -0.2) is 14.5 Å². The summed E-state index contributed by atoms with van der Waals surface area (Å²) >= 11 is 0. The number of benzene rings is 3. The van der Waals surface area contributed by atoms with Crippen molar-refractivity contribution in [3.63, 3.8) is 0 Å². The summed E-state index contributed by atoms with van der Waals surface area (Å²) in [6.07, 6.45) is -1.72. The van der Waals surface area contributed by atoms with Crippen LogP contribution in [0.15, 0.2) is 91.5 Å². The van der Waals surface area contributed by atoms with Crippen molar-refractivity contribution in [3.05, 3.63) is 103 Å². The molecular weight excluding hydrogens is 496 g/mol. The predicted octanol–water partition coefficient (Wildman–Crippen LogP) is 5.33. The average molecular weight is 527 g/mol. The molecule has 5 rings (SSSR count). The third-order valence-corrected chi connectivity index (χ3v) is 7.27. The quantitative estimate of drug-likeness (QED) is 0.395. The molecule has 3 amide bonds. The Balaban J connectivity index is 1.46. The number of cyclic esters (lactones) is 2. The van der Waals surface area contributed by atoms with Crippen molar-refractivity contribution in [1.29, 1.82) is 0 Å². The Morgan fingerprint density at radius 3 is 2.26 bits per heavy atom. The smallest absolute Gasteiger partial charge is 0.416 e. The highest BCUT2D eigenvalue weighted by molar-refractivity contribution is 5.99. The lowest BCUT2D eigenvalue weighted by atomic mass is 9.88. The van der Waals surface area contributed by atoms with Crippen LogP contribution in [0.5, 0.6) is 5.75 Å². The molecule has 0 radical (unpaired) electrons. The fraction of sp³-hybridized carbons (Fsp3) is 0.258. The highest BCUT2D eigenvalue weighted by atomic mass is 16.6. The summed E-state index contributed by atoms with van der Waals surface area (Å²) in [7, 11) is 1.57. The van der Waals surface area contributed by atoms with Crippen LogP contribution in [0.4, 0.5) is 15.3 Å². The van der Waals surface area contributed by atoms with Crippen LogP contribution in [-0.2, 0) is 20.7 Å². The average Bonchev–Trinajstić information content (AvgIpc) is 3.51. The van der Waals surface area contributed by atoms with E-state index in [0.717, 1.165) is 11.1 Å². The van der Waals surface area contributed by atoms with Crippen LogP contribution in [0.2, 0.25) is 0 Å². The van der Waals surface area contributed by atoms with Gasteiger partial charge in [-0.05, 0) is 54.3 Å². The molecule has 8 heteroatoms. The number of methoxy groups -OCH3 is 1. The highest BCUT2D eigenvalue weighted by Crippen LogP contribution is 2.38. The lowest BCUT2D eigenvalue weighted by Gasteiger charge is -2.31. The van der Waals surface area contributed by atoms with Crippen LogP contribution in [0.3, 0.4) is 0 Å². The summed E-state index contributed by atoms with van der Waals surface area (Å²) in [6.45, 7) is 6.09. The zero-order valence-electron chi connectivity index (χ0n) is 21.9. The van der Waals surface area contributed by atoms with Gasteiger partial charge in [-0.3, -0.25) is 9.69 Å². The number of carbonyl (C=O) groups is 3. The molecule has 39 heavy (non-hydrogen) atoms. The van der Waals surface area contributed by atoms with Crippen molar-refractivity contribution in [2.24, 2.45) is 5.92 Å². The number of ether oxygens (including phenoxy) is 3. The van der Waals surface area contributed by atoms with E-state index in [4.69, 9.17) is 14.2 Å². The Morgan fingerprint density at radius 2 is 1.62 bits per heavy atom. The minimum Gasteiger partial charge on any atom is -0.497 e. The monoisotopic (exact) mass is 526 g/mol. The van der Waals surface area contributed by atoms with Gasteiger partial charge in [-0.2, -0.15) is 0 Å². The van der Waals surface area contributed by atoms with E-state index in [1.165, 1.54) is 9.80 Å². The zero-order valence-corrected chi connectivity index (χ0v) is 21.9. The molecule has 2 fully saturated rings. The topological polar surface area (TPSA) is 85.4 Å². The van der Waals surface area contributed by atoms with Gasteiger partial charge in [0.1, 0.15) is 24.5 Å². The Labute approximate surface area is 227 Å². The predicted molar refractivity (Wildman–Crippen MR) is 146 cm³/mol. The van der Waals surface area contributed by atoms with Crippen molar-refractivity contribution in [1.82, 2.24) is 4.90 Å². The second-order valence-corrected chi connectivity index (χ2v) is 9.67. The molecule has 0 unspecified atom stereocenters. The second kappa shape index (κ2) is 11.0. The molecule has 2 aliphatic heterocycles. The molecule has 200 valence electrons. The van der Waals surface area contributed by atoms with Crippen molar-refractivity contribution in [2.45, 2.75) is 31.5 Å². The van der Waals surface area contributed by atoms with E-state index in [9.17, 15) is 14.4 Å². The maximum Gasteiger partial charge on any atom is 0.416 e. The number of anilines is 1. The van der Waals surface area contributed by atoms with E-state index in [1.54, 1.807) is 38.3 Å². The van der Waals surface area contributed by atoms with Gasteiger partial charge in [0.2, 0.25) is 5.91 Å². The third-order valence-electron chi connectivity index (χ3n) is 7.27. The van der Waals surface area contributed by atoms with Crippen LogP contribution < -0.4 is 9.64 Å². The number of nitrogens with zero attached hydrogens (tertiary/aromatic N) is 2. The Bertz CT molecular complexity index is 1360. The lowest BCUT2D eigenvalue weighted by molar-refractivity contribution is -0.135. The third kappa shape index (κ3) is 5.10. The molecule has 2 saturated heterocycles. The fourth-order valence-corrected chi connectivity index (χ4v) is 5.19. The Morgan fingerprint density at radius 1 is 0.974 bits per heavy atom. The summed E-state index contributed by atoms with van der Waals surface area (Å²) in [6, 6.07) is 24.9. The molecule has 2 aliphatic rings. The Hall–Kier alpha value is -4.59. The van der Waals surface area contributed by atoms with E-state index in [0.29, 0.717) is 23.4 Å². The van der Waals surface area contributed by atoms with E-state index >= 15 is 0 Å². The van der Waals surface area contributed by atoms with E-state index in [-0.39, 0.29) is 6.61 Å². The summed E-state index contributed by atoms with van der Waals surface area (Å²) in [4.78, 5) is 42.6. The molecule has 0 N–H and O–H groups in total.